The van der Waals surface area contributed by atoms with E-state index >= 15 is 0 Å². The molecule has 2 aromatic heterocycles. The van der Waals surface area contributed by atoms with Crippen molar-refractivity contribution in [1.29, 1.82) is 0 Å². The third-order valence-electron chi connectivity index (χ3n) is 4.58. The number of Topliss-reactive ketones (excluding diaryl/α,β-unsaturated/α-hetero) is 1. The highest BCUT2D eigenvalue weighted by Crippen LogP contribution is 2.28. The summed E-state index contributed by atoms with van der Waals surface area (Å²) < 4.78 is 1.93. The molecule has 0 bridgehead atoms. The predicted molar refractivity (Wildman–Crippen MR) is 123 cm³/mol. The number of amides is 1. The van der Waals surface area contributed by atoms with Gasteiger partial charge in [0, 0.05) is 41.7 Å². The summed E-state index contributed by atoms with van der Waals surface area (Å²) in [6, 6.07) is 10.7. The molecule has 0 fully saturated rings. The van der Waals surface area contributed by atoms with Crippen LogP contribution in [0.25, 0.3) is 11.4 Å². The predicted octanol–water partition coefficient (Wildman–Crippen LogP) is 4.48. The first-order chi connectivity index (χ1) is 14.9. The van der Waals surface area contributed by atoms with Crippen LogP contribution in [0.1, 0.15) is 31.1 Å². The summed E-state index contributed by atoms with van der Waals surface area (Å²) in [4.78, 5) is 28.8. The number of allylic oxidation sites excluding steroid dienone is 1. The average molecular weight is 436 g/mol. The summed E-state index contributed by atoms with van der Waals surface area (Å²) >= 11 is 1.35. The van der Waals surface area contributed by atoms with Gasteiger partial charge in [-0.25, -0.2) is 0 Å². The van der Waals surface area contributed by atoms with Crippen LogP contribution < -0.4 is 5.32 Å². The molecule has 1 N–H and O–H groups in total. The molecule has 0 aliphatic rings. The molecule has 160 valence electrons. The Bertz CT molecular complexity index is 1060. The summed E-state index contributed by atoms with van der Waals surface area (Å²) in [6.45, 7) is 9.85. The number of nitrogens with one attached hydrogen (secondary N) is 1. The number of ketones is 1. The van der Waals surface area contributed by atoms with Gasteiger partial charge in [-0.3, -0.25) is 19.1 Å². The highest BCUT2D eigenvalue weighted by atomic mass is 32.2. The molecule has 8 heteroatoms. The second-order valence-electron chi connectivity index (χ2n) is 7.29. The van der Waals surface area contributed by atoms with Crippen LogP contribution in [-0.4, -0.2) is 36.7 Å². The van der Waals surface area contributed by atoms with Crippen molar-refractivity contribution < 1.29 is 9.59 Å². The molecule has 3 aromatic rings. The minimum absolute atomic E-state index is 0.0228. The van der Waals surface area contributed by atoms with Crippen molar-refractivity contribution in [2.45, 2.75) is 37.7 Å². The van der Waals surface area contributed by atoms with Crippen molar-refractivity contribution in [2.75, 3.05) is 5.32 Å². The van der Waals surface area contributed by atoms with Crippen LogP contribution in [0.2, 0.25) is 0 Å². The number of pyridine rings is 1. The van der Waals surface area contributed by atoms with Gasteiger partial charge in [0.25, 0.3) is 0 Å². The minimum atomic E-state index is -0.367. The van der Waals surface area contributed by atoms with Crippen LogP contribution in [0, 0.1) is 5.92 Å². The molecule has 0 spiro atoms. The Morgan fingerprint density at radius 1 is 1.10 bits per heavy atom. The van der Waals surface area contributed by atoms with Crippen LogP contribution in [0.3, 0.4) is 0 Å². The molecule has 7 nitrogen and oxygen atoms in total. The molecule has 0 saturated heterocycles. The quantitative estimate of drug-likeness (QED) is 0.303. The molecule has 31 heavy (non-hydrogen) atoms. The van der Waals surface area contributed by atoms with E-state index < -0.39 is 0 Å². The minimum Gasteiger partial charge on any atom is -0.326 e. The van der Waals surface area contributed by atoms with Gasteiger partial charge in [-0.1, -0.05) is 31.7 Å². The van der Waals surface area contributed by atoms with Crippen LogP contribution in [0.4, 0.5) is 5.69 Å². The number of nitrogens with zero attached hydrogens (tertiary/aromatic N) is 4. The fourth-order valence-corrected chi connectivity index (χ4v) is 3.77. The monoisotopic (exact) mass is 435 g/mol. The first-order valence-corrected chi connectivity index (χ1v) is 10.8. The van der Waals surface area contributed by atoms with E-state index in [1.165, 1.54) is 11.8 Å². The zero-order chi connectivity index (χ0) is 22.4. The third kappa shape index (κ3) is 5.46. The van der Waals surface area contributed by atoms with E-state index in [0.717, 1.165) is 5.56 Å². The lowest BCUT2D eigenvalue weighted by Gasteiger charge is -2.12. The Morgan fingerprint density at radius 3 is 2.39 bits per heavy atom. The summed E-state index contributed by atoms with van der Waals surface area (Å²) in [5, 5.41) is 11.7. The second kappa shape index (κ2) is 10.2. The summed E-state index contributed by atoms with van der Waals surface area (Å²) in [7, 11) is 0. The fraction of sp³-hybridized carbons (Fsp3) is 0.261. The topological polar surface area (TPSA) is 89.8 Å². The number of aromatic nitrogens is 4. The molecule has 0 aliphatic carbocycles. The maximum Gasteiger partial charge on any atom is 0.226 e. The van der Waals surface area contributed by atoms with Crippen LogP contribution in [0.5, 0.6) is 0 Å². The zero-order valence-electron chi connectivity index (χ0n) is 17.8. The van der Waals surface area contributed by atoms with E-state index in [0.29, 0.717) is 28.8 Å². The van der Waals surface area contributed by atoms with Gasteiger partial charge < -0.3 is 5.32 Å². The van der Waals surface area contributed by atoms with Gasteiger partial charge >= 0.3 is 0 Å². The van der Waals surface area contributed by atoms with Gasteiger partial charge in [-0.15, -0.1) is 16.8 Å². The highest BCUT2D eigenvalue weighted by molar-refractivity contribution is 8.00. The van der Waals surface area contributed by atoms with E-state index in [1.807, 2.05) is 37.5 Å². The first kappa shape index (κ1) is 22.4. The van der Waals surface area contributed by atoms with Crippen molar-refractivity contribution in [2.24, 2.45) is 5.92 Å². The number of carbonyl (C=O) groups is 2. The largest absolute Gasteiger partial charge is 0.326 e. The smallest absolute Gasteiger partial charge is 0.226 e. The molecular weight excluding hydrogens is 410 g/mol. The van der Waals surface area contributed by atoms with Gasteiger partial charge in [0.05, 0.1) is 5.25 Å². The Morgan fingerprint density at radius 2 is 1.77 bits per heavy atom. The Balaban J connectivity index is 1.74. The maximum absolute atomic E-state index is 12.9. The Labute approximate surface area is 186 Å². The zero-order valence-corrected chi connectivity index (χ0v) is 18.6. The summed E-state index contributed by atoms with van der Waals surface area (Å²) in [6.07, 6.45) is 5.18. The lowest BCUT2D eigenvalue weighted by Crippen LogP contribution is -2.18. The molecule has 0 radical (unpaired) electrons. The Kier molecular flexibility index (Phi) is 7.36. The van der Waals surface area contributed by atoms with Crippen molar-refractivity contribution in [3.63, 3.8) is 0 Å². The molecule has 1 atom stereocenters. The SMILES string of the molecule is C=CCn1c(S[C@@H](C)C(=O)c2ccc(NC(=O)C(C)C)cc2)nnc1-c1ccncc1. The van der Waals surface area contributed by atoms with E-state index in [1.54, 1.807) is 42.7 Å². The highest BCUT2D eigenvalue weighted by Gasteiger charge is 2.21. The second-order valence-corrected chi connectivity index (χ2v) is 8.59. The van der Waals surface area contributed by atoms with Crippen molar-refractivity contribution in [3.8, 4) is 11.4 Å². The summed E-state index contributed by atoms with van der Waals surface area (Å²) in [5.74, 6) is 0.511. The van der Waals surface area contributed by atoms with Gasteiger partial charge in [0.15, 0.2) is 16.8 Å². The molecule has 0 saturated carbocycles. The normalized spacial score (nSPS) is 11.9. The maximum atomic E-state index is 12.9. The molecule has 3 rings (SSSR count). The van der Waals surface area contributed by atoms with Gasteiger partial charge in [0.1, 0.15) is 0 Å². The lowest BCUT2D eigenvalue weighted by atomic mass is 10.1. The number of rotatable bonds is 9. The Hall–Kier alpha value is -3.26. The van der Waals surface area contributed by atoms with E-state index in [-0.39, 0.29) is 22.9 Å². The molecule has 0 aliphatic heterocycles. The summed E-state index contributed by atoms with van der Waals surface area (Å²) in [5.41, 5.74) is 2.14. The fourth-order valence-electron chi connectivity index (χ4n) is 2.83. The molecule has 1 amide bonds. The number of carbonyl (C=O) groups excluding carboxylic acids is 2. The van der Waals surface area contributed by atoms with E-state index in [9.17, 15) is 9.59 Å². The number of benzene rings is 1. The number of hydrogen-bond acceptors (Lipinski definition) is 6. The first-order valence-electron chi connectivity index (χ1n) is 9.97. The molecule has 0 unspecified atom stereocenters. The van der Waals surface area contributed by atoms with Gasteiger partial charge in [-0.05, 0) is 43.3 Å². The molecule has 2 heterocycles. The lowest BCUT2D eigenvalue weighted by molar-refractivity contribution is -0.118. The average Bonchev–Trinajstić information content (AvgIpc) is 3.16. The van der Waals surface area contributed by atoms with E-state index in [4.69, 9.17) is 0 Å². The standard InChI is InChI=1S/C23H25N5O2S/c1-5-14-28-21(18-10-12-24-13-11-18)26-27-23(28)31-16(4)20(29)17-6-8-19(9-7-17)25-22(30)15(2)3/h5-13,15-16H,1,14H2,2-4H3,(H,25,30)/t16-/m0/s1. The number of hydrogen-bond donors (Lipinski definition) is 1. The number of anilines is 1. The molecule has 1 aromatic carbocycles. The van der Waals surface area contributed by atoms with Crippen LogP contribution >= 0.6 is 11.8 Å². The van der Waals surface area contributed by atoms with Crippen molar-refractivity contribution in [1.82, 2.24) is 19.7 Å². The van der Waals surface area contributed by atoms with Gasteiger partial charge in [-0.2, -0.15) is 0 Å². The van der Waals surface area contributed by atoms with Crippen molar-refractivity contribution >= 4 is 29.1 Å². The number of thioether (sulfide) groups is 1. The third-order valence-corrected chi connectivity index (χ3v) is 5.66. The van der Waals surface area contributed by atoms with Crippen LogP contribution in [-0.2, 0) is 11.3 Å². The van der Waals surface area contributed by atoms with Crippen LogP contribution in [0.15, 0.2) is 66.6 Å². The van der Waals surface area contributed by atoms with Gasteiger partial charge in [0.2, 0.25) is 5.91 Å². The van der Waals surface area contributed by atoms with Crippen molar-refractivity contribution in [3.05, 3.63) is 67.0 Å². The molecular formula is C23H25N5O2S. The van der Waals surface area contributed by atoms with E-state index in [2.05, 4.69) is 27.1 Å².